The minimum absolute atomic E-state index is 0.221. The summed E-state index contributed by atoms with van der Waals surface area (Å²) in [5.74, 6) is -0.602. The van der Waals surface area contributed by atoms with Gasteiger partial charge >= 0.3 is 0 Å². The Morgan fingerprint density at radius 3 is 2.81 bits per heavy atom. The van der Waals surface area contributed by atoms with Crippen molar-refractivity contribution in [3.05, 3.63) is 35.9 Å². The van der Waals surface area contributed by atoms with E-state index in [9.17, 15) is 9.90 Å². The van der Waals surface area contributed by atoms with Crippen molar-refractivity contribution in [2.45, 2.75) is 19.4 Å². The maximum Gasteiger partial charge on any atom is 0.103 e. The molecule has 3 heteroatoms. The Balaban J connectivity index is 1.83. The molecule has 0 aromatic heterocycles. The first kappa shape index (κ1) is 11.1. The van der Waals surface area contributed by atoms with Gasteiger partial charge in [-0.2, -0.15) is 0 Å². The molecule has 1 aromatic carbocycles. The number of rotatable bonds is 4. The molecule has 16 heavy (non-hydrogen) atoms. The summed E-state index contributed by atoms with van der Waals surface area (Å²) in [5.41, 5.74) is 1.33. The largest absolute Gasteiger partial charge is 0.550 e. The molecule has 1 aromatic rings. The van der Waals surface area contributed by atoms with E-state index in [0.29, 0.717) is 5.92 Å². The van der Waals surface area contributed by atoms with Gasteiger partial charge in [0.1, 0.15) is 6.54 Å². The van der Waals surface area contributed by atoms with Crippen LogP contribution in [-0.4, -0.2) is 19.1 Å². The number of quaternary nitrogens is 1. The molecule has 0 bridgehead atoms. The van der Waals surface area contributed by atoms with Crippen molar-refractivity contribution in [2.75, 3.05) is 13.1 Å². The van der Waals surface area contributed by atoms with Gasteiger partial charge < -0.3 is 14.8 Å². The highest BCUT2D eigenvalue weighted by Gasteiger charge is 2.25. The van der Waals surface area contributed by atoms with Crippen molar-refractivity contribution in [3.8, 4) is 0 Å². The van der Waals surface area contributed by atoms with Crippen molar-refractivity contribution < 1.29 is 14.8 Å². The zero-order valence-electron chi connectivity index (χ0n) is 9.32. The summed E-state index contributed by atoms with van der Waals surface area (Å²) < 4.78 is 0. The first-order valence-electron chi connectivity index (χ1n) is 5.81. The second kappa shape index (κ2) is 5.12. The highest BCUT2D eigenvalue weighted by atomic mass is 16.4. The zero-order chi connectivity index (χ0) is 11.4. The van der Waals surface area contributed by atoms with Crippen molar-refractivity contribution in [3.63, 3.8) is 0 Å². The van der Waals surface area contributed by atoms with E-state index < -0.39 is 5.97 Å². The summed E-state index contributed by atoms with van der Waals surface area (Å²) in [6.45, 7) is 3.04. The predicted molar refractivity (Wildman–Crippen MR) is 58.6 cm³/mol. The number of benzene rings is 1. The fraction of sp³-hybridized carbons (Fsp3) is 0.462. The fourth-order valence-corrected chi connectivity index (χ4v) is 2.48. The molecule has 2 rings (SSSR count). The number of aliphatic carboxylic acids is 1. The van der Waals surface area contributed by atoms with Gasteiger partial charge in [-0.05, 0) is 6.42 Å². The molecular weight excluding hydrogens is 202 g/mol. The van der Waals surface area contributed by atoms with Crippen LogP contribution >= 0.6 is 0 Å². The van der Waals surface area contributed by atoms with E-state index in [1.165, 1.54) is 10.5 Å². The van der Waals surface area contributed by atoms with Crippen LogP contribution in [0.25, 0.3) is 0 Å². The first-order valence-corrected chi connectivity index (χ1v) is 5.81. The zero-order valence-corrected chi connectivity index (χ0v) is 9.32. The molecule has 1 N–H and O–H groups in total. The van der Waals surface area contributed by atoms with Gasteiger partial charge in [-0.25, -0.2) is 0 Å². The fourth-order valence-electron chi connectivity index (χ4n) is 2.48. The Hall–Kier alpha value is -1.35. The standard InChI is InChI=1S/C13H17NO2/c15-13(16)8-12-6-7-14(10-12)9-11-4-2-1-3-5-11/h1-5,12H,6-10H2,(H,15,16)/t12-/m0/s1. The van der Waals surface area contributed by atoms with Gasteiger partial charge in [0.25, 0.3) is 0 Å². The molecule has 2 atom stereocenters. The molecule has 0 radical (unpaired) electrons. The molecule has 1 aliphatic heterocycles. The van der Waals surface area contributed by atoms with Crippen LogP contribution in [0.2, 0.25) is 0 Å². The molecule has 0 saturated carbocycles. The Kier molecular flexibility index (Phi) is 3.57. The Labute approximate surface area is 95.7 Å². The maximum atomic E-state index is 10.5. The van der Waals surface area contributed by atoms with Gasteiger partial charge in [0.2, 0.25) is 0 Å². The number of hydrogen-bond acceptors (Lipinski definition) is 2. The molecular formula is C13H17NO2. The average molecular weight is 219 g/mol. The smallest absolute Gasteiger partial charge is 0.103 e. The average Bonchev–Trinajstić information content (AvgIpc) is 2.66. The second-order valence-electron chi connectivity index (χ2n) is 4.60. The normalized spacial score (nSPS) is 24.5. The lowest BCUT2D eigenvalue weighted by Crippen LogP contribution is -3.08. The lowest BCUT2D eigenvalue weighted by molar-refractivity contribution is -0.902. The second-order valence-corrected chi connectivity index (χ2v) is 4.60. The number of hydrogen-bond donors (Lipinski definition) is 1. The number of likely N-dealkylation sites (tertiary alicyclic amines) is 1. The van der Waals surface area contributed by atoms with Gasteiger partial charge in [0, 0.05) is 23.9 Å². The highest BCUT2D eigenvalue weighted by Crippen LogP contribution is 2.09. The van der Waals surface area contributed by atoms with Crippen LogP contribution < -0.4 is 10.0 Å². The van der Waals surface area contributed by atoms with E-state index in [0.717, 1.165) is 26.1 Å². The van der Waals surface area contributed by atoms with Crippen LogP contribution in [0.3, 0.4) is 0 Å². The Morgan fingerprint density at radius 2 is 2.12 bits per heavy atom. The molecule has 3 nitrogen and oxygen atoms in total. The summed E-state index contributed by atoms with van der Waals surface area (Å²) in [7, 11) is 0. The summed E-state index contributed by atoms with van der Waals surface area (Å²) in [6, 6.07) is 10.4. The number of carbonyl (C=O) groups is 1. The minimum atomic E-state index is -0.911. The maximum absolute atomic E-state index is 10.5. The summed E-state index contributed by atoms with van der Waals surface area (Å²) >= 11 is 0. The van der Waals surface area contributed by atoms with Crippen LogP contribution in [-0.2, 0) is 11.3 Å². The van der Waals surface area contributed by atoms with Crippen LogP contribution in [0.5, 0.6) is 0 Å². The lowest BCUT2D eigenvalue weighted by Gasteiger charge is -2.13. The third-order valence-corrected chi connectivity index (χ3v) is 3.24. The monoisotopic (exact) mass is 219 g/mol. The molecule has 1 heterocycles. The number of nitrogens with one attached hydrogen (secondary N) is 1. The highest BCUT2D eigenvalue weighted by molar-refractivity contribution is 5.64. The molecule has 0 amide bonds. The minimum Gasteiger partial charge on any atom is -0.550 e. The van der Waals surface area contributed by atoms with Crippen molar-refractivity contribution in [2.24, 2.45) is 5.92 Å². The molecule has 0 spiro atoms. The topological polar surface area (TPSA) is 44.6 Å². The molecule has 0 aliphatic carbocycles. The number of carboxylic acids is 1. The summed E-state index contributed by atoms with van der Waals surface area (Å²) in [6.07, 6.45) is 1.23. The molecule has 1 unspecified atom stereocenters. The van der Waals surface area contributed by atoms with E-state index in [1.807, 2.05) is 18.2 Å². The summed E-state index contributed by atoms with van der Waals surface area (Å²) in [5, 5.41) is 10.5. The van der Waals surface area contributed by atoms with Crippen LogP contribution in [0.15, 0.2) is 30.3 Å². The van der Waals surface area contributed by atoms with E-state index in [-0.39, 0.29) is 6.42 Å². The van der Waals surface area contributed by atoms with Gasteiger partial charge in [-0.3, -0.25) is 0 Å². The Bertz CT molecular complexity index is 350. The Morgan fingerprint density at radius 1 is 1.38 bits per heavy atom. The van der Waals surface area contributed by atoms with Crippen LogP contribution in [0, 0.1) is 5.92 Å². The van der Waals surface area contributed by atoms with Crippen molar-refractivity contribution >= 4 is 5.97 Å². The molecule has 1 aliphatic rings. The van der Waals surface area contributed by atoms with Crippen LogP contribution in [0.1, 0.15) is 18.4 Å². The third-order valence-electron chi connectivity index (χ3n) is 3.24. The number of carboxylic acid groups (broad SMARTS) is 1. The molecule has 1 saturated heterocycles. The van der Waals surface area contributed by atoms with Crippen molar-refractivity contribution in [1.29, 1.82) is 0 Å². The van der Waals surface area contributed by atoms with Gasteiger partial charge in [-0.15, -0.1) is 0 Å². The SMILES string of the molecule is O=C([O-])C[C@@H]1CC[NH+](Cc2ccccc2)C1. The predicted octanol–water partition coefficient (Wildman–Crippen LogP) is -0.769. The third kappa shape index (κ3) is 3.07. The van der Waals surface area contributed by atoms with Gasteiger partial charge in [-0.1, -0.05) is 30.3 Å². The number of carbonyl (C=O) groups excluding carboxylic acids is 1. The van der Waals surface area contributed by atoms with E-state index >= 15 is 0 Å². The van der Waals surface area contributed by atoms with Gasteiger partial charge in [0.05, 0.1) is 13.1 Å². The molecule has 86 valence electrons. The van der Waals surface area contributed by atoms with Crippen LogP contribution in [0.4, 0.5) is 0 Å². The molecule has 1 fully saturated rings. The lowest BCUT2D eigenvalue weighted by atomic mass is 10.1. The quantitative estimate of drug-likeness (QED) is 0.723. The van der Waals surface area contributed by atoms with Crippen molar-refractivity contribution in [1.82, 2.24) is 0 Å². The van der Waals surface area contributed by atoms with E-state index in [2.05, 4.69) is 12.1 Å². The van der Waals surface area contributed by atoms with E-state index in [4.69, 9.17) is 0 Å². The first-order chi connectivity index (χ1) is 7.74. The summed E-state index contributed by atoms with van der Waals surface area (Å²) in [4.78, 5) is 12.0. The van der Waals surface area contributed by atoms with Gasteiger partial charge in [0.15, 0.2) is 0 Å². The van der Waals surface area contributed by atoms with E-state index in [1.54, 1.807) is 0 Å².